The van der Waals surface area contributed by atoms with Gasteiger partial charge in [-0.05, 0) is 19.4 Å². The highest BCUT2D eigenvalue weighted by molar-refractivity contribution is 7.55. The molecule has 3 N–H and O–H groups in total. The summed E-state index contributed by atoms with van der Waals surface area (Å²) in [5.41, 5.74) is 5.43. The number of nitrogens with zero attached hydrogens (tertiary/aromatic N) is 1. The van der Waals surface area contributed by atoms with Gasteiger partial charge in [0.05, 0.1) is 24.9 Å². The van der Waals surface area contributed by atoms with Gasteiger partial charge in [-0.1, -0.05) is 30.3 Å². The van der Waals surface area contributed by atoms with E-state index >= 15 is 0 Å². The Labute approximate surface area is 141 Å². The Morgan fingerprint density at radius 2 is 1.83 bits per heavy atom. The molecule has 0 bridgehead atoms. The van der Waals surface area contributed by atoms with Crippen LogP contribution in [0.1, 0.15) is 25.3 Å². The van der Waals surface area contributed by atoms with Gasteiger partial charge in [0.1, 0.15) is 5.82 Å². The number of hydrogen-bond acceptors (Lipinski definition) is 6. The molecule has 7 nitrogen and oxygen atoms in total. The number of rotatable bonds is 6. The Morgan fingerprint density at radius 1 is 1.25 bits per heavy atom. The molecule has 0 radical (unpaired) electrons. The lowest BCUT2D eigenvalue weighted by Gasteiger charge is -2.35. The molecule has 0 spiro atoms. The van der Waals surface area contributed by atoms with E-state index in [0.717, 1.165) is 0 Å². The summed E-state index contributed by atoms with van der Waals surface area (Å²) >= 11 is 0. The Bertz CT molecular complexity index is 717. The molecular formula is C16H20N3O4P. The van der Waals surface area contributed by atoms with Gasteiger partial charge < -0.3 is 20.1 Å². The van der Waals surface area contributed by atoms with Gasteiger partial charge >= 0.3 is 7.60 Å². The Morgan fingerprint density at radius 3 is 2.33 bits per heavy atom. The molecule has 0 fully saturated rings. The normalized spacial score (nSPS) is 21.3. The van der Waals surface area contributed by atoms with E-state index < -0.39 is 25.1 Å². The maximum atomic E-state index is 13.3. The minimum atomic E-state index is -3.80. The molecule has 24 heavy (non-hydrogen) atoms. The Balaban J connectivity index is 2.64. The van der Waals surface area contributed by atoms with Gasteiger partial charge in [0, 0.05) is 5.92 Å². The van der Waals surface area contributed by atoms with Crippen LogP contribution in [-0.2, 0) is 18.4 Å². The maximum Gasteiger partial charge on any atom is 0.344 e. The third-order valence-corrected chi connectivity index (χ3v) is 6.13. The van der Waals surface area contributed by atoms with E-state index in [1.807, 2.05) is 12.1 Å². The van der Waals surface area contributed by atoms with Crippen molar-refractivity contribution < 1.29 is 18.4 Å². The van der Waals surface area contributed by atoms with Gasteiger partial charge in [-0.2, -0.15) is 5.26 Å². The lowest BCUT2D eigenvalue weighted by atomic mass is 9.86. The van der Waals surface area contributed by atoms with E-state index in [0.29, 0.717) is 5.56 Å². The second-order valence-electron chi connectivity index (χ2n) is 5.14. The lowest BCUT2D eigenvalue weighted by Crippen LogP contribution is -2.46. The van der Waals surface area contributed by atoms with E-state index in [1.165, 1.54) is 0 Å². The third-order valence-electron chi connectivity index (χ3n) is 3.68. The average molecular weight is 349 g/mol. The molecule has 0 saturated heterocycles. The number of nitrogens with two attached hydrogens (primary N) is 1. The average Bonchev–Trinajstić information content (AvgIpc) is 2.55. The molecule has 8 heteroatoms. The van der Waals surface area contributed by atoms with Crippen molar-refractivity contribution in [2.24, 2.45) is 5.73 Å². The van der Waals surface area contributed by atoms with Crippen molar-refractivity contribution in [2.45, 2.75) is 25.4 Å². The molecule has 1 aliphatic rings. The van der Waals surface area contributed by atoms with Gasteiger partial charge in [0.25, 0.3) is 0 Å². The Kier molecular flexibility index (Phi) is 5.79. The predicted octanol–water partition coefficient (Wildman–Crippen LogP) is 2.23. The first kappa shape index (κ1) is 18.2. The summed E-state index contributed by atoms with van der Waals surface area (Å²) in [6, 6.07) is 10.9. The van der Waals surface area contributed by atoms with Crippen molar-refractivity contribution in [3.63, 3.8) is 0 Å². The summed E-state index contributed by atoms with van der Waals surface area (Å²) in [7, 11) is -3.80. The number of hydrogen-bond donors (Lipinski definition) is 2. The summed E-state index contributed by atoms with van der Waals surface area (Å²) in [5.74, 6) is -1.41. The second-order valence-corrected chi connectivity index (χ2v) is 7.29. The topological polar surface area (TPSA) is 114 Å². The number of carbonyl (C=O) groups excluding carboxylic acids is 1. The number of benzene rings is 1. The molecule has 1 aromatic carbocycles. The molecule has 1 aliphatic heterocycles. The van der Waals surface area contributed by atoms with Crippen LogP contribution in [-0.4, -0.2) is 24.8 Å². The molecule has 0 aromatic heterocycles. The van der Waals surface area contributed by atoms with Gasteiger partial charge in [-0.15, -0.1) is 0 Å². The first-order valence-corrected chi connectivity index (χ1v) is 9.24. The monoisotopic (exact) mass is 349 g/mol. The largest absolute Gasteiger partial charge is 0.384 e. The van der Waals surface area contributed by atoms with E-state index in [2.05, 4.69) is 5.32 Å². The minimum absolute atomic E-state index is 0.0350. The number of nitriles is 1. The fourth-order valence-corrected chi connectivity index (χ4v) is 4.93. The molecule has 0 aliphatic carbocycles. The van der Waals surface area contributed by atoms with Crippen LogP contribution in [0.2, 0.25) is 0 Å². The first-order chi connectivity index (χ1) is 11.5. The smallest absolute Gasteiger partial charge is 0.344 e. The molecule has 1 amide bonds. The minimum Gasteiger partial charge on any atom is -0.384 e. The fraction of sp³-hybridized carbons (Fsp3) is 0.375. The molecular weight excluding hydrogens is 329 g/mol. The number of allylic oxidation sites excluding steroid dienone is 1. The third kappa shape index (κ3) is 3.36. The Hall–Kier alpha value is -2.13. The van der Waals surface area contributed by atoms with Crippen molar-refractivity contribution in [3.8, 4) is 6.07 Å². The molecule has 1 heterocycles. The van der Waals surface area contributed by atoms with E-state index in [1.54, 1.807) is 38.1 Å². The second kappa shape index (κ2) is 7.63. The van der Waals surface area contributed by atoms with Crippen LogP contribution < -0.4 is 11.1 Å². The molecule has 1 aromatic rings. The molecule has 2 rings (SSSR count). The van der Waals surface area contributed by atoms with Crippen LogP contribution >= 0.6 is 7.60 Å². The van der Waals surface area contributed by atoms with Crippen molar-refractivity contribution in [1.29, 1.82) is 5.26 Å². The van der Waals surface area contributed by atoms with Crippen LogP contribution in [0.5, 0.6) is 0 Å². The predicted molar refractivity (Wildman–Crippen MR) is 88.8 cm³/mol. The quantitative estimate of drug-likeness (QED) is 0.761. The highest BCUT2D eigenvalue weighted by Gasteiger charge is 2.51. The van der Waals surface area contributed by atoms with Gasteiger partial charge in [-0.25, -0.2) is 0 Å². The van der Waals surface area contributed by atoms with Crippen molar-refractivity contribution in [2.75, 3.05) is 13.2 Å². The number of amides is 1. The van der Waals surface area contributed by atoms with Crippen molar-refractivity contribution in [1.82, 2.24) is 5.32 Å². The number of carbonyl (C=O) groups is 1. The highest BCUT2D eigenvalue weighted by Crippen LogP contribution is 2.59. The van der Waals surface area contributed by atoms with Crippen molar-refractivity contribution in [3.05, 3.63) is 47.3 Å². The molecule has 2 atom stereocenters. The van der Waals surface area contributed by atoms with E-state index in [9.17, 15) is 14.6 Å². The standard InChI is InChI=1S/C16H20N3O4P/c1-3-22-24(21,23-4-2)14-13(11-8-6-5-7-9-11)12(10-17)15(18)19-16(14)20/h5-9,13-14H,3-4,18H2,1-2H3,(H,19,20)/t13-,14+/m0/s1. The van der Waals surface area contributed by atoms with Crippen LogP contribution in [0.4, 0.5) is 0 Å². The zero-order valence-corrected chi connectivity index (χ0v) is 14.5. The molecule has 0 unspecified atom stereocenters. The summed E-state index contributed by atoms with van der Waals surface area (Å²) < 4.78 is 24.0. The fourth-order valence-electron chi connectivity index (χ4n) is 2.77. The maximum absolute atomic E-state index is 13.3. The van der Waals surface area contributed by atoms with Gasteiger partial charge in [-0.3, -0.25) is 9.36 Å². The van der Waals surface area contributed by atoms with Crippen LogP contribution in [0.25, 0.3) is 0 Å². The summed E-state index contributed by atoms with van der Waals surface area (Å²) in [6.07, 6.45) is 0. The summed E-state index contributed by atoms with van der Waals surface area (Å²) in [5, 5.41) is 11.9. The van der Waals surface area contributed by atoms with Gasteiger partial charge in [0.15, 0.2) is 5.66 Å². The van der Waals surface area contributed by atoms with E-state index in [4.69, 9.17) is 14.8 Å². The lowest BCUT2D eigenvalue weighted by molar-refractivity contribution is -0.121. The SMILES string of the molecule is CCOP(=O)(OCC)[C@H]1C(=O)NC(N)=C(C#N)[C@@H]1c1ccccc1. The highest BCUT2D eigenvalue weighted by atomic mass is 31.2. The molecule has 0 saturated carbocycles. The van der Waals surface area contributed by atoms with E-state index in [-0.39, 0.29) is 24.6 Å². The van der Waals surface area contributed by atoms with Gasteiger partial charge in [0.2, 0.25) is 5.91 Å². The first-order valence-electron chi connectivity index (χ1n) is 7.62. The van der Waals surface area contributed by atoms with Crippen LogP contribution in [0, 0.1) is 11.3 Å². The number of nitrogens with one attached hydrogen (secondary N) is 1. The molecule has 128 valence electrons. The van der Waals surface area contributed by atoms with Crippen LogP contribution in [0.3, 0.4) is 0 Å². The zero-order valence-electron chi connectivity index (χ0n) is 13.6. The summed E-state index contributed by atoms with van der Waals surface area (Å²) in [4.78, 5) is 12.6. The summed E-state index contributed by atoms with van der Waals surface area (Å²) in [6.45, 7) is 3.56. The van der Waals surface area contributed by atoms with Crippen LogP contribution in [0.15, 0.2) is 41.7 Å². The zero-order chi connectivity index (χ0) is 17.7. The van der Waals surface area contributed by atoms with Crippen molar-refractivity contribution >= 4 is 13.5 Å².